The normalized spacial score (nSPS) is 13.9. The zero-order valence-electron chi connectivity index (χ0n) is 10.0. The lowest BCUT2D eigenvalue weighted by Gasteiger charge is -2.20. The van der Waals surface area contributed by atoms with Gasteiger partial charge < -0.3 is 10.4 Å². The Labute approximate surface area is 119 Å². The van der Waals surface area contributed by atoms with Crippen LogP contribution < -0.4 is 5.32 Å². The van der Waals surface area contributed by atoms with Crippen LogP contribution in [0.3, 0.4) is 0 Å². The van der Waals surface area contributed by atoms with Crippen LogP contribution in [0.5, 0.6) is 0 Å². The van der Waals surface area contributed by atoms with Gasteiger partial charge in [-0.1, -0.05) is 17.7 Å². The molecule has 0 bridgehead atoms. The molecule has 1 aromatic carbocycles. The topological polar surface area (TPSA) is 49.3 Å². The first-order valence-electron chi connectivity index (χ1n) is 5.33. The van der Waals surface area contributed by atoms with E-state index in [1.54, 1.807) is 0 Å². The van der Waals surface area contributed by atoms with E-state index in [1.807, 2.05) is 5.32 Å². The summed E-state index contributed by atoms with van der Waals surface area (Å²) in [7, 11) is 0. The third-order valence-electron chi connectivity index (χ3n) is 2.50. The Kier molecular flexibility index (Phi) is 4.98. The number of hydrogen-bond donors (Lipinski definition) is 2. The van der Waals surface area contributed by atoms with Gasteiger partial charge in [-0.3, -0.25) is 4.79 Å². The van der Waals surface area contributed by atoms with Crippen molar-refractivity contribution in [2.45, 2.75) is 12.4 Å². The number of alkyl halides is 6. The molecular weight excluding hydrogens is 328 g/mol. The van der Waals surface area contributed by atoms with Crippen molar-refractivity contribution in [2.75, 3.05) is 11.9 Å². The van der Waals surface area contributed by atoms with Crippen molar-refractivity contribution in [2.24, 2.45) is 5.92 Å². The fraction of sp³-hybridized carbons (Fsp3) is 0.364. The van der Waals surface area contributed by atoms with Gasteiger partial charge >= 0.3 is 18.3 Å². The maximum absolute atomic E-state index is 12.7. The highest BCUT2D eigenvalue weighted by atomic mass is 35.5. The van der Waals surface area contributed by atoms with E-state index in [1.165, 1.54) is 0 Å². The number of anilines is 1. The van der Waals surface area contributed by atoms with E-state index in [9.17, 15) is 31.1 Å². The van der Waals surface area contributed by atoms with Crippen molar-refractivity contribution in [1.82, 2.24) is 0 Å². The molecule has 2 N–H and O–H groups in total. The van der Waals surface area contributed by atoms with Crippen molar-refractivity contribution >= 4 is 23.3 Å². The molecule has 0 saturated heterocycles. The molecule has 1 unspecified atom stereocenters. The second kappa shape index (κ2) is 6.00. The van der Waals surface area contributed by atoms with Gasteiger partial charge in [0.15, 0.2) is 5.92 Å². The van der Waals surface area contributed by atoms with Gasteiger partial charge in [-0.05, 0) is 12.1 Å². The molecule has 10 heteroatoms. The van der Waals surface area contributed by atoms with Crippen molar-refractivity contribution in [3.8, 4) is 0 Å². The summed E-state index contributed by atoms with van der Waals surface area (Å²) in [6.45, 7) is -1.27. The molecule has 1 rings (SSSR count). The summed E-state index contributed by atoms with van der Waals surface area (Å²) in [5.41, 5.74) is -2.07. The van der Waals surface area contributed by atoms with Crippen LogP contribution in [0.15, 0.2) is 18.2 Å². The maximum atomic E-state index is 12.7. The number of halogens is 7. The molecule has 118 valence electrons. The molecular formula is C11H8ClF6NO2. The summed E-state index contributed by atoms with van der Waals surface area (Å²) >= 11 is 5.52. The lowest BCUT2D eigenvalue weighted by atomic mass is 10.1. The Hall–Kier alpha value is -1.64. The number of benzene rings is 1. The summed E-state index contributed by atoms with van der Waals surface area (Å²) < 4.78 is 75.4. The van der Waals surface area contributed by atoms with Gasteiger partial charge in [0, 0.05) is 6.54 Å². The van der Waals surface area contributed by atoms with E-state index >= 15 is 0 Å². The molecule has 0 heterocycles. The first-order chi connectivity index (χ1) is 9.44. The molecule has 0 spiro atoms. The van der Waals surface area contributed by atoms with E-state index in [2.05, 4.69) is 0 Å². The quantitative estimate of drug-likeness (QED) is 0.817. The Bertz CT molecular complexity index is 528. The van der Waals surface area contributed by atoms with Crippen molar-refractivity contribution in [3.05, 3.63) is 28.8 Å². The smallest absolute Gasteiger partial charge is 0.418 e. The third kappa shape index (κ3) is 4.42. The largest absolute Gasteiger partial charge is 0.481 e. The molecule has 0 saturated carbocycles. The fourth-order valence-electron chi connectivity index (χ4n) is 1.49. The second-order valence-electron chi connectivity index (χ2n) is 3.97. The zero-order valence-corrected chi connectivity index (χ0v) is 10.8. The Morgan fingerprint density at radius 3 is 2.24 bits per heavy atom. The number of carboxylic acid groups (broad SMARTS) is 1. The molecule has 1 aromatic rings. The molecule has 0 aliphatic heterocycles. The van der Waals surface area contributed by atoms with Crippen molar-refractivity contribution < 1.29 is 36.2 Å². The van der Waals surface area contributed by atoms with E-state index in [-0.39, 0.29) is 0 Å². The highest BCUT2D eigenvalue weighted by molar-refractivity contribution is 6.33. The fourth-order valence-corrected chi connectivity index (χ4v) is 1.73. The van der Waals surface area contributed by atoms with Crippen LogP contribution in [-0.4, -0.2) is 23.8 Å². The molecule has 0 aliphatic carbocycles. The van der Waals surface area contributed by atoms with Gasteiger partial charge in [0.05, 0.1) is 16.3 Å². The summed E-state index contributed by atoms with van der Waals surface area (Å²) in [5.74, 6) is -5.05. The minimum Gasteiger partial charge on any atom is -0.481 e. The van der Waals surface area contributed by atoms with Crippen LogP contribution in [0.2, 0.25) is 5.02 Å². The van der Waals surface area contributed by atoms with Gasteiger partial charge in [0.2, 0.25) is 0 Å². The Balaban J connectivity index is 3.06. The number of nitrogens with one attached hydrogen (secondary N) is 1. The Morgan fingerprint density at radius 2 is 1.81 bits per heavy atom. The minimum atomic E-state index is -5.10. The average Bonchev–Trinajstić information content (AvgIpc) is 2.27. The first-order valence-corrected chi connectivity index (χ1v) is 5.71. The highest BCUT2D eigenvalue weighted by Crippen LogP contribution is 2.39. The van der Waals surface area contributed by atoms with E-state index < -0.39 is 47.1 Å². The predicted octanol–water partition coefficient (Wildman–Crippen LogP) is 4.03. The maximum Gasteiger partial charge on any atom is 0.418 e. The van der Waals surface area contributed by atoms with Crippen LogP contribution >= 0.6 is 11.6 Å². The van der Waals surface area contributed by atoms with Crippen LogP contribution in [0.1, 0.15) is 5.56 Å². The van der Waals surface area contributed by atoms with Crippen LogP contribution in [0, 0.1) is 5.92 Å². The number of carboxylic acids is 1. The van der Waals surface area contributed by atoms with Crippen LogP contribution in [0.4, 0.5) is 32.0 Å². The molecule has 0 aliphatic rings. The van der Waals surface area contributed by atoms with Gasteiger partial charge in [0.25, 0.3) is 0 Å². The standard InChI is InChI=1S/C11H8ClF6NO2/c12-7-3-1-2-5(10(13,14)15)8(7)19-4-6(9(20)21)11(16,17)18/h1-3,6,19H,4H2,(H,20,21). The van der Waals surface area contributed by atoms with Gasteiger partial charge in [-0.15, -0.1) is 0 Å². The van der Waals surface area contributed by atoms with E-state index in [0.29, 0.717) is 6.07 Å². The number of aliphatic carboxylic acids is 1. The molecule has 0 amide bonds. The van der Waals surface area contributed by atoms with E-state index in [4.69, 9.17) is 16.7 Å². The third-order valence-corrected chi connectivity index (χ3v) is 2.81. The molecule has 1 atom stereocenters. The predicted molar refractivity (Wildman–Crippen MR) is 62.1 cm³/mol. The number of para-hydroxylation sites is 1. The lowest BCUT2D eigenvalue weighted by molar-refractivity contribution is -0.190. The molecule has 0 aromatic heterocycles. The Morgan fingerprint density at radius 1 is 1.24 bits per heavy atom. The molecule has 3 nitrogen and oxygen atoms in total. The SMILES string of the molecule is O=C(O)C(CNc1c(Cl)cccc1C(F)(F)F)C(F)(F)F. The molecule has 0 fully saturated rings. The van der Waals surface area contributed by atoms with E-state index in [0.717, 1.165) is 12.1 Å². The molecule has 21 heavy (non-hydrogen) atoms. The number of carbonyl (C=O) groups is 1. The van der Waals surface area contributed by atoms with Gasteiger partial charge in [-0.2, -0.15) is 26.3 Å². The average molecular weight is 336 g/mol. The summed E-state index contributed by atoms with van der Waals surface area (Å²) in [4.78, 5) is 10.5. The monoisotopic (exact) mass is 335 g/mol. The van der Waals surface area contributed by atoms with Gasteiger partial charge in [0.1, 0.15) is 0 Å². The first kappa shape index (κ1) is 17.4. The molecule has 0 radical (unpaired) electrons. The minimum absolute atomic E-state index is 0.462. The number of hydrogen-bond acceptors (Lipinski definition) is 2. The summed E-state index contributed by atoms with van der Waals surface area (Å²) in [5, 5.41) is 9.83. The van der Waals surface area contributed by atoms with Crippen molar-refractivity contribution in [1.29, 1.82) is 0 Å². The van der Waals surface area contributed by atoms with Crippen LogP contribution in [-0.2, 0) is 11.0 Å². The second-order valence-corrected chi connectivity index (χ2v) is 4.38. The lowest BCUT2D eigenvalue weighted by Crippen LogP contribution is -2.36. The zero-order chi connectivity index (χ0) is 16.4. The van der Waals surface area contributed by atoms with Crippen LogP contribution in [0.25, 0.3) is 0 Å². The van der Waals surface area contributed by atoms with Gasteiger partial charge in [-0.25, -0.2) is 0 Å². The number of rotatable bonds is 4. The summed E-state index contributed by atoms with van der Waals surface area (Å²) in [6.07, 6.45) is -9.94. The highest BCUT2D eigenvalue weighted by Gasteiger charge is 2.45. The summed E-state index contributed by atoms with van der Waals surface area (Å²) in [6, 6.07) is 2.65. The van der Waals surface area contributed by atoms with Crippen molar-refractivity contribution in [3.63, 3.8) is 0 Å².